The van der Waals surface area contributed by atoms with Crippen molar-refractivity contribution in [1.29, 1.82) is 0 Å². The molecule has 1 aliphatic heterocycles. The minimum Gasteiger partial charge on any atom is -0.364 e. The Hall–Kier alpha value is -1.95. The first-order valence-corrected chi connectivity index (χ1v) is 7.54. The molecule has 0 radical (unpaired) electrons. The monoisotopic (exact) mass is 286 g/mol. The third kappa shape index (κ3) is 2.19. The molecule has 6 heteroatoms. The number of carbonyl (C=O) groups is 1. The molecule has 0 bridgehead atoms. The Kier molecular flexibility index (Phi) is 2.92. The summed E-state index contributed by atoms with van der Waals surface area (Å²) in [5, 5.41) is 4.39. The molecule has 110 valence electrons. The molecule has 21 heavy (non-hydrogen) atoms. The van der Waals surface area contributed by atoms with E-state index in [9.17, 15) is 4.79 Å². The van der Waals surface area contributed by atoms with Crippen molar-refractivity contribution in [2.45, 2.75) is 44.2 Å². The number of amides is 1. The molecule has 1 saturated heterocycles. The summed E-state index contributed by atoms with van der Waals surface area (Å²) in [6, 6.07) is 4.03. The second-order valence-electron chi connectivity index (χ2n) is 5.86. The standard InChI is InChI=1S/C15H18N4O2/c16-15(20)14-13-11(7-6-10(17-13)9-4-5-9)19(18-14)12-3-1-2-8-21-12/h6-7,9,12H,1-5,8H2,(H2,16,20). The molecular weight excluding hydrogens is 268 g/mol. The van der Waals surface area contributed by atoms with Gasteiger partial charge in [0.2, 0.25) is 0 Å². The zero-order valence-corrected chi connectivity index (χ0v) is 11.8. The third-order valence-corrected chi connectivity index (χ3v) is 4.23. The van der Waals surface area contributed by atoms with Crippen molar-refractivity contribution in [3.8, 4) is 0 Å². The van der Waals surface area contributed by atoms with Crippen LogP contribution in [0.2, 0.25) is 0 Å². The average molecular weight is 286 g/mol. The van der Waals surface area contributed by atoms with Crippen molar-refractivity contribution >= 4 is 16.9 Å². The van der Waals surface area contributed by atoms with Gasteiger partial charge in [-0.15, -0.1) is 0 Å². The number of pyridine rings is 1. The molecule has 1 aliphatic carbocycles. The number of rotatable bonds is 3. The van der Waals surface area contributed by atoms with Gasteiger partial charge in [-0.3, -0.25) is 4.79 Å². The van der Waals surface area contributed by atoms with E-state index in [1.807, 2.05) is 12.1 Å². The number of ether oxygens (including phenoxy) is 1. The van der Waals surface area contributed by atoms with Crippen molar-refractivity contribution < 1.29 is 9.53 Å². The van der Waals surface area contributed by atoms with Crippen LogP contribution in [-0.4, -0.2) is 27.3 Å². The SMILES string of the molecule is NC(=O)c1nn(C2CCCCO2)c2ccc(C3CC3)nc12. The van der Waals surface area contributed by atoms with Crippen LogP contribution in [0.25, 0.3) is 11.0 Å². The van der Waals surface area contributed by atoms with Gasteiger partial charge < -0.3 is 10.5 Å². The van der Waals surface area contributed by atoms with Gasteiger partial charge in [0.1, 0.15) is 5.52 Å². The van der Waals surface area contributed by atoms with Crippen LogP contribution < -0.4 is 5.73 Å². The maximum atomic E-state index is 11.7. The van der Waals surface area contributed by atoms with Crippen LogP contribution >= 0.6 is 0 Å². The number of carbonyl (C=O) groups excluding carboxylic acids is 1. The van der Waals surface area contributed by atoms with Crippen LogP contribution in [0.15, 0.2) is 12.1 Å². The summed E-state index contributed by atoms with van der Waals surface area (Å²) < 4.78 is 7.55. The summed E-state index contributed by atoms with van der Waals surface area (Å²) in [7, 11) is 0. The van der Waals surface area contributed by atoms with E-state index in [-0.39, 0.29) is 11.9 Å². The van der Waals surface area contributed by atoms with Gasteiger partial charge in [0.25, 0.3) is 5.91 Å². The van der Waals surface area contributed by atoms with Crippen molar-refractivity contribution in [3.05, 3.63) is 23.5 Å². The van der Waals surface area contributed by atoms with E-state index in [1.165, 1.54) is 12.8 Å². The highest BCUT2D eigenvalue weighted by Crippen LogP contribution is 2.40. The molecule has 2 aromatic heterocycles. The first-order valence-electron chi connectivity index (χ1n) is 7.54. The molecule has 0 aromatic carbocycles. The molecule has 1 amide bonds. The molecule has 2 N–H and O–H groups in total. The second-order valence-corrected chi connectivity index (χ2v) is 5.86. The summed E-state index contributed by atoms with van der Waals surface area (Å²) in [5.74, 6) is -0.000543. The zero-order valence-electron chi connectivity index (χ0n) is 11.8. The Bertz CT molecular complexity index is 699. The lowest BCUT2D eigenvalue weighted by Crippen LogP contribution is -2.20. The van der Waals surface area contributed by atoms with Crippen molar-refractivity contribution in [1.82, 2.24) is 14.8 Å². The average Bonchev–Trinajstić information content (AvgIpc) is 3.28. The van der Waals surface area contributed by atoms with Gasteiger partial charge in [0.15, 0.2) is 11.9 Å². The number of aromatic nitrogens is 3. The van der Waals surface area contributed by atoms with E-state index in [4.69, 9.17) is 10.5 Å². The van der Waals surface area contributed by atoms with E-state index in [1.54, 1.807) is 4.68 Å². The van der Waals surface area contributed by atoms with Gasteiger partial charge in [-0.2, -0.15) is 5.10 Å². The van der Waals surface area contributed by atoms with Crippen molar-refractivity contribution in [2.75, 3.05) is 6.61 Å². The van der Waals surface area contributed by atoms with Gasteiger partial charge in [-0.05, 0) is 44.2 Å². The fourth-order valence-electron chi connectivity index (χ4n) is 2.94. The summed E-state index contributed by atoms with van der Waals surface area (Å²) in [5.41, 5.74) is 8.20. The number of hydrogen-bond donors (Lipinski definition) is 1. The quantitative estimate of drug-likeness (QED) is 0.936. The normalized spacial score (nSPS) is 22.6. The zero-order chi connectivity index (χ0) is 14.4. The Morgan fingerprint density at radius 3 is 2.81 bits per heavy atom. The summed E-state index contributed by atoms with van der Waals surface area (Å²) in [4.78, 5) is 16.3. The summed E-state index contributed by atoms with van der Waals surface area (Å²) in [6.45, 7) is 0.728. The topological polar surface area (TPSA) is 83.0 Å². The van der Waals surface area contributed by atoms with Crippen LogP contribution in [0, 0.1) is 0 Å². The first kappa shape index (κ1) is 12.8. The molecule has 1 atom stereocenters. The van der Waals surface area contributed by atoms with E-state index in [0.717, 1.165) is 37.1 Å². The van der Waals surface area contributed by atoms with E-state index in [2.05, 4.69) is 10.1 Å². The second kappa shape index (κ2) is 4.80. The fraction of sp³-hybridized carbons (Fsp3) is 0.533. The molecule has 2 fully saturated rings. The number of fused-ring (bicyclic) bond motifs is 1. The summed E-state index contributed by atoms with van der Waals surface area (Å²) in [6.07, 6.45) is 5.30. The van der Waals surface area contributed by atoms with E-state index in [0.29, 0.717) is 11.4 Å². The van der Waals surface area contributed by atoms with Gasteiger partial charge in [0, 0.05) is 18.2 Å². The number of primary amides is 1. The van der Waals surface area contributed by atoms with Crippen LogP contribution in [0.3, 0.4) is 0 Å². The minimum atomic E-state index is -0.532. The van der Waals surface area contributed by atoms with E-state index >= 15 is 0 Å². The molecule has 1 unspecified atom stereocenters. The van der Waals surface area contributed by atoms with E-state index < -0.39 is 5.91 Å². The Morgan fingerprint density at radius 1 is 1.29 bits per heavy atom. The van der Waals surface area contributed by atoms with Crippen molar-refractivity contribution in [2.24, 2.45) is 5.73 Å². The largest absolute Gasteiger partial charge is 0.364 e. The molecule has 6 nitrogen and oxygen atoms in total. The lowest BCUT2D eigenvalue weighted by molar-refractivity contribution is -0.0368. The Labute approximate surface area is 122 Å². The Morgan fingerprint density at radius 2 is 2.14 bits per heavy atom. The van der Waals surface area contributed by atoms with Gasteiger partial charge in [0.05, 0.1) is 5.52 Å². The number of hydrogen-bond acceptors (Lipinski definition) is 4. The molecule has 1 saturated carbocycles. The molecule has 3 heterocycles. The minimum absolute atomic E-state index is 0.122. The van der Waals surface area contributed by atoms with Crippen LogP contribution in [0.4, 0.5) is 0 Å². The number of nitrogens with two attached hydrogens (primary N) is 1. The van der Waals surface area contributed by atoms with Gasteiger partial charge in [-0.1, -0.05) is 0 Å². The predicted molar refractivity (Wildman–Crippen MR) is 76.9 cm³/mol. The highest BCUT2D eigenvalue weighted by Gasteiger charge is 2.28. The molecular formula is C15H18N4O2. The van der Waals surface area contributed by atoms with Crippen LogP contribution in [0.1, 0.15) is 60.4 Å². The predicted octanol–water partition coefficient (Wildman–Crippen LogP) is 2.11. The maximum absolute atomic E-state index is 11.7. The highest BCUT2D eigenvalue weighted by atomic mass is 16.5. The third-order valence-electron chi connectivity index (χ3n) is 4.23. The molecule has 4 rings (SSSR count). The molecule has 2 aliphatic rings. The first-order chi connectivity index (χ1) is 10.2. The van der Waals surface area contributed by atoms with Crippen molar-refractivity contribution in [3.63, 3.8) is 0 Å². The lowest BCUT2D eigenvalue weighted by atomic mass is 10.2. The lowest BCUT2D eigenvalue weighted by Gasteiger charge is -2.23. The smallest absolute Gasteiger partial charge is 0.271 e. The summed E-state index contributed by atoms with van der Waals surface area (Å²) >= 11 is 0. The van der Waals surface area contributed by atoms with Gasteiger partial charge >= 0.3 is 0 Å². The highest BCUT2D eigenvalue weighted by molar-refractivity contribution is 6.02. The molecule has 0 spiro atoms. The van der Waals surface area contributed by atoms with Crippen LogP contribution in [-0.2, 0) is 4.74 Å². The van der Waals surface area contributed by atoms with Gasteiger partial charge in [-0.25, -0.2) is 9.67 Å². The Balaban J connectivity index is 1.84. The van der Waals surface area contributed by atoms with Crippen LogP contribution in [0.5, 0.6) is 0 Å². The fourth-order valence-corrected chi connectivity index (χ4v) is 2.94. The number of nitrogens with zero attached hydrogens (tertiary/aromatic N) is 3. The molecule has 2 aromatic rings. The maximum Gasteiger partial charge on any atom is 0.271 e.